The van der Waals surface area contributed by atoms with E-state index < -0.39 is 0 Å². The van der Waals surface area contributed by atoms with E-state index in [1.165, 1.54) is 0 Å². The maximum Gasteiger partial charge on any atom is 0.258 e. The van der Waals surface area contributed by atoms with E-state index in [0.29, 0.717) is 28.3 Å². The summed E-state index contributed by atoms with van der Waals surface area (Å²) in [4.78, 5) is 19.4. The van der Waals surface area contributed by atoms with Crippen LogP contribution in [0.25, 0.3) is 10.9 Å². The lowest BCUT2D eigenvalue weighted by molar-refractivity contribution is 0.558. The zero-order valence-electron chi connectivity index (χ0n) is 12.4. The molecule has 3 rings (SSSR count). The van der Waals surface area contributed by atoms with E-state index in [4.69, 9.17) is 11.6 Å². The highest BCUT2D eigenvalue weighted by molar-refractivity contribution is 9.10. The molecule has 2 aromatic carbocycles. The molecule has 1 aromatic heterocycles. The van der Waals surface area contributed by atoms with Crippen molar-refractivity contribution in [3.05, 3.63) is 73.7 Å². The second kappa shape index (κ2) is 6.83. The van der Waals surface area contributed by atoms with Crippen LogP contribution in [0.2, 0.25) is 5.02 Å². The highest BCUT2D eigenvalue weighted by atomic mass is 79.9. The van der Waals surface area contributed by atoms with Crippen molar-refractivity contribution in [2.24, 2.45) is 0 Å². The van der Waals surface area contributed by atoms with Crippen LogP contribution >= 0.6 is 27.5 Å². The van der Waals surface area contributed by atoms with E-state index >= 15 is 0 Å². The van der Waals surface area contributed by atoms with E-state index in [2.05, 4.69) is 44.2 Å². The predicted octanol–water partition coefficient (Wildman–Crippen LogP) is 4.19. The average molecular weight is 393 g/mol. The van der Waals surface area contributed by atoms with Gasteiger partial charge in [0.05, 0.1) is 17.4 Å². The summed E-state index contributed by atoms with van der Waals surface area (Å²) in [5, 5.41) is 4.40. The number of fused-ring (bicyclic) bond motifs is 1. The van der Waals surface area contributed by atoms with E-state index in [9.17, 15) is 4.79 Å². The number of rotatable bonds is 4. The first-order valence-electron chi connectivity index (χ1n) is 7.21. The molecule has 0 aliphatic rings. The zero-order valence-corrected chi connectivity index (χ0v) is 14.8. The van der Waals surface area contributed by atoms with Crippen LogP contribution in [0.3, 0.4) is 0 Å². The average Bonchev–Trinajstić information content (AvgIpc) is 2.54. The quantitative estimate of drug-likeness (QED) is 0.700. The highest BCUT2D eigenvalue weighted by Crippen LogP contribution is 2.22. The zero-order chi connectivity index (χ0) is 16.4. The van der Waals surface area contributed by atoms with Crippen molar-refractivity contribution in [1.29, 1.82) is 0 Å². The summed E-state index contributed by atoms with van der Waals surface area (Å²) in [5.41, 5.74) is 1.62. The Balaban J connectivity index is 1.81. The van der Waals surface area contributed by atoms with E-state index in [0.717, 1.165) is 10.0 Å². The highest BCUT2D eigenvalue weighted by Gasteiger charge is 2.10. The first kappa shape index (κ1) is 16.2. The molecular formula is C17H15BrClN3O. The Morgan fingerprint density at radius 1 is 1.30 bits per heavy atom. The number of halogens is 2. The molecule has 6 heteroatoms. The van der Waals surface area contributed by atoms with Gasteiger partial charge in [-0.1, -0.05) is 45.7 Å². The van der Waals surface area contributed by atoms with Crippen molar-refractivity contribution in [2.45, 2.75) is 19.5 Å². The van der Waals surface area contributed by atoms with Gasteiger partial charge in [-0.05, 0) is 36.8 Å². The summed E-state index contributed by atoms with van der Waals surface area (Å²) in [6.07, 6.45) is 0. The third-order valence-corrected chi connectivity index (χ3v) is 4.62. The van der Waals surface area contributed by atoms with Gasteiger partial charge in [0.15, 0.2) is 0 Å². The molecule has 3 aromatic rings. The van der Waals surface area contributed by atoms with Crippen molar-refractivity contribution in [3.63, 3.8) is 0 Å². The number of hydrogen-bond donors (Lipinski definition) is 2. The summed E-state index contributed by atoms with van der Waals surface area (Å²) in [6.45, 7) is 2.54. The van der Waals surface area contributed by atoms with Gasteiger partial charge in [-0.3, -0.25) is 4.79 Å². The molecule has 0 amide bonds. The second-order valence-corrected chi connectivity index (χ2v) is 6.59. The number of aromatic amines is 1. The molecule has 0 spiro atoms. The van der Waals surface area contributed by atoms with Crippen molar-refractivity contribution in [1.82, 2.24) is 15.3 Å². The maximum atomic E-state index is 12.1. The fourth-order valence-corrected chi connectivity index (χ4v) is 3.23. The van der Waals surface area contributed by atoms with Gasteiger partial charge in [0.2, 0.25) is 0 Å². The van der Waals surface area contributed by atoms with Crippen LogP contribution in [0.1, 0.15) is 24.4 Å². The van der Waals surface area contributed by atoms with Crippen molar-refractivity contribution in [3.8, 4) is 0 Å². The van der Waals surface area contributed by atoms with Crippen molar-refractivity contribution < 1.29 is 0 Å². The van der Waals surface area contributed by atoms with Gasteiger partial charge in [0.1, 0.15) is 5.82 Å². The molecule has 0 unspecified atom stereocenters. The van der Waals surface area contributed by atoms with Crippen LogP contribution in [-0.2, 0) is 6.54 Å². The minimum absolute atomic E-state index is 0.122. The Hall–Kier alpha value is -1.69. The Labute approximate surface area is 147 Å². The number of nitrogens with one attached hydrogen (secondary N) is 2. The normalized spacial score (nSPS) is 12.5. The summed E-state index contributed by atoms with van der Waals surface area (Å²) >= 11 is 9.47. The number of hydrogen-bond acceptors (Lipinski definition) is 3. The SMILES string of the molecule is C[C@@H](NCc1nc2ccc(Cl)cc2c(=O)[nH]1)c1ccccc1Br. The standard InChI is InChI=1S/C17H15BrClN3O/c1-10(12-4-2-3-5-14(12)18)20-9-16-21-15-7-6-11(19)8-13(15)17(23)22-16/h2-8,10,20H,9H2,1H3,(H,21,22,23)/t10-/m1/s1. The summed E-state index contributed by atoms with van der Waals surface area (Å²) < 4.78 is 1.05. The topological polar surface area (TPSA) is 57.8 Å². The molecule has 0 radical (unpaired) electrons. The Morgan fingerprint density at radius 2 is 2.09 bits per heavy atom. The Morgan fingerprint density at radius 3 is 2.87 bits per heavy atom. The van der Waals surface area contributed by atoms with Crippen LogP contribution in [0.5, 0.6) is 0 Å². The molecule has 4 nitrogen and oxygen atoms in total. The third-order valence-electron chi connectivity index (χ3n) is 3.66. The van der Waals surface area contributed by atoms with Crippen LogP contribution in [0.15, 0.2) is 51.7 Å². The van der Waals surface area contributed by atoms with E-state index in [1.54, 1.807) is 18.2 Å². The van der Waals surface area contributed by atoms with Crippen molar-refractivity contribution >= 4 is 38.4 Å². The Kier molecular flexibility index (Phi) is 4.80. The fraction of sp³-hybridized carbons (Fsp3) is 0.176. The fourth-order valence-electron chi connectivity index (χ4n) is 2.43. The monoisotopic (exact) mass is 391 g/mol. The summed E-state index contributed by atoms with van der Waals surface area (Å²) in [6, 6.07) is 13.3. The summed E-state index contributed by atoms with van der Waals surface area (Å²) in [7, 11) is 0. The molecule has 0 bridgehead atoms. The third kappa shape index (κ3) is 3.63. The van der Waals surface area contributed by atoms with Crippen molar-refractivity contribution in [2.75, 3.05) is 0 Å². The first-order valence-corrected chi connectivity index (χ1v) is 8.38. The molecule has 0 fully saturated rings. The molecule has 1 atom stereocenters. The lowest BCUT2D eigenvalue weighted by Gasteiger charge is -2.15. The van der Waals surface area contributed by atoms with Gasteiger partial charge in [-0.2, -0.15) is 0 Å². The van der Waals surface area contributed by atoms with Gasteiger partial charge in [-0.25, -0.2) is 4.98 Å². The lowest BCUT2D eigenvalue weighted by atomic mass is 10.1. The van der Waals surface area contributed by atoms with E-state index in [1.807, 2.05) is 18.2 Å². The molecule has 0 saturated carbocycles. The maximum absolute atomic E-state index is 12.1. The smallest absolute Gasteiger partial charge is 0.258 e. The van der Waals surface area contributed by atoms with Gasteiger partial charge in [0.25, 0.3) is 5.56 Å². The van der Waals surface area contributed by atoms with E-state index in [-0.39, 0.29) is 11.6 Å². The van der Waals surface area contributed by atoms with Gasteiger partial charge >= 0.3 is 0 Å². The molecular weight excluding hydrogens is 378 g/mol. The number of nitrogens with zero attached hydrogens (tertiary/aromatic N) is 1. The molecule has 23 heavy (non-hydrogen) atoms. The molecule has 2 N–H and O–H groups in total. The molecule has 0 aliphatic carbocycles. The van der Waals surface area contributed by atoms with Crippen LogP contribution in [0.4, 0.5) is 0 Å². The molecule has 0 saturated heterocycles. The number of benzene rings is 2. The minimum Gasteiger partial charge on any atom is -0.309 e. The minimum atomic E-state index is -0.178. The summed E-state index contributed by atoms with van der Waals surface area (Å²) in [5.74, 6) is 0.601. The van der Waals surface area contributed by atoms with Crippen LogP contribution in [0, 0.1) is 0 Å². The molecule has 1 heterocycles. The number of aromatic nitrogens is 2. The predicted molar refractivity (Wildman–Crippen MR) is 96.8 cm³/mol. The lowest BCUT2D eigenvalue weighted by Crippen LogP contribution is -2.22. The largest absolute Gasteiger partial charge is 0.309 e. The van der Waals surface area contributed by atoms with Gasteiger partial charge in [-0.15, -0.1) is 0 Å². The molecule has 0 aliphatic heterocycles. The second-order valence-electron chi connectivity index (χ2n) is 5.30. The Bertz CT molecular complexity index is 910. The first-order chi connectivity index (χ1) is 11.0. The van der Waals surface area contributed by atoms with Gasteiger partial charge < -0.3 is 10.3 Å². The van der Waals surface area contributed by atoms with Gasteiger partial charge in [0, 0.05) is 15.5 Å². The number of H-pyrrole nitrogens is 1. The van der Waals surface area contributed by atoms with Crippen LogP contribution in [-0.4, -0.2) is 9.97 Å². The molecule has 118 valence electrons. The van der Waals surface area contributed by atoms with Crippen LogP contribution < -0.4 is 10.9 Å².